The highest BCUT2D eigenvalue weighted by molar-refractivity contribution is 5.88. The quantitative estimate of drug-likeness (QED) is 0.766. The molecule has 1 fully saturated rings. The number of amides is 2. The maximum absolute atomic E-state index is 13.0. The number of benzene rings is 2. The van der Waals surface area contributed by atoms with Gasteiger partial charge in [-0.15, -0.1) is 0 Å². The molecule has 1 heterocycles. The summed E-state index contributed by atoms with van der Waals surface area (Å²) in [6, 6.07) is 18.8. The third-order valence-electron chi connectivity index (χ3n) is 5.09. The van der Waals surface area contributed by atoms with Gasteiger partial charge in [-0.25, -0.2) is 0 Å². The van der Waals surface area contributed by atoms with Crippen LogP contribution in [0.2, 0.25) is 0 Å². The second-order valence-electron chi connectivity index (χ2n) is 7.23. The van der Waals surface area contributed by atoms with E-state index in [2.05, 4.69) is 5.32 Å². The Kier molecular flexibility index (Phi) is 7.20. The van der Waals surface area contributed by atoms with E-state index in [1.807, 2.05) is 60.7 Å². The summed E-state index contributed by atoms with van der Waals surface area (Å²) in [5, 5.41) is 2.95. The van der Waals surface area contributed by atoms with E-state index in [1.54, 1.807) is 11.8 Å². The number of carbonyl (C=O) groups is 2. The summed E-state index contributed by atoms with van der Waals surface area (Å²) in [5.41, 5.74) is 1.94. The lowest BCUT2D eigenvalue weighted by Crippen LogP contribution is -2.49. The van der Waals surface area contributed by atoms with Crippen molar-refractivity contribution in [2.45, 2.75) is 44.9 Å². The van der Waals surface area contributed by atoms with E-state index in [9.17, 15) is 9.59 Å². The van der Waals surface area contributed by atoms with Crippen molar-refractivity contribution in [1.82, 2.24) is 10.2 Å². The second-order valence-corrected chi connectivity index (χ2v) is 7.23. The SMILES string of the molecule is C[C@H](C(=O)NC[C@@H]1CCCO1)N(Cc1ccccc1)C(=O)Cc1ccccc1. The summed E-state index contributed by atoms with van der Waals surface area (Å²) in [7, 11) is 0. The molecule has 2 atom stereocenters. The molecule has 148 valence electrons. The Bertz CT molecular complexity index is 758. The zero-order valence-electron chi connectivity index (χ0n) is 16.3. The van der Waals surface area contributed by atoms with Crippen LogP contribution >= 0.6 is 0 Å². The second kappa shape index (κ2) is 10.0. The average Bonchev–Trinajstić information content (AvgIpc) is 3.25. The van der Waals surface area contributed by atoms with Gasteiger partial charge >= 0.3 is 0 Å². The topological polar surface area (TPSA) is 58.6 Å². The van der Waals surface area contributed by atoms with Crippen LogP contribution in [-0.4, -0.2) is 42.0 Å². The van der Waals surface area contributed by atoms with Crippen LogP contribution in [0.15, 0.2) is 60.7 Å². The van der Waals surface area contributed by atoms with E-state index in [1.165, 1.54) is 0 Å². The minimum absolute atomic E-state index is 0.0604. The Hall–Kier alpha value is -2.66. The third kappa shape index (κ3) is 5.67. The van der Waals surface area contributed by atoms with Crippen molar-refractivity contribution < 1.29 is 14.3 Å². The Morgan fingerprint density at radius 3 is 2.32 bits per heavy atom. The Labute approximate surface area is 166 Å². The summed E-state index contributed by atoms with van der Waals surface area (Å²) in [5.74, 6) is -0.206. The van der Waals surface area contributed by atoms with Crippen molar-refractivity contribution in [3.63, 3.8) is 0 Å². The molecular weight excluding hydrogens is 352 g/mol. The van der Waals surface area contributed by atoms with Crippen LogP contribution in [0.3, 0.4) is 0 Å². The van der Waals surface area contributed by atoms with Crippen LogP contribution in [0.5, 0.6) is 0 Å². The van der Waals surface area contributed by atoms with E-state index in [0.717, 1.165) is 30.6 Å². The lowest BCUT2D eigenvalue weighted by molar-refractivity contribution is -0.140. The third-order valence-corrected chi connectivity index (χ3v) is 5.09. The van der Waals surface area contributed by atoms with Gasteiger partial charge in [0.15, 0.2) is 0 Å². The van der Waals surface area contributed by atoms with Gasteiger partial charge < -0.3 is 15.0 Å². The first-order valence-electron chi connectivity index (χ1n) is 9.90. The van der Waals surface area contributed by atoms with Crippen molar-refractivity contribution in [1.29, 1.82) is 0 Å². The standard InChI is InChI=1S/C23H28N2O3/c1-18(23(27)24-16-21-13-8-14-28-21)25(17-20-11-6-3-7-12-20)22(26)15-19-9-4-2-5-10-19/h2-7,9-12,18,21H,8,13-17H2,1H3,(H,24,27)/t18-,21+/m1/s1. The molecule has 2 amide bonds. The highest BCUT2D eigenvalue weighted by Crippen LogP contribution is 2.14. The summed E-state index contributed by atoms with van der Waals surface area (Å²) in [6.07, 6.45) is 2.36. The van der Waals surface area contributed by atoms with Crippen molar-refractivity contribution in [3.8, 4) is 0 Å². The van der Waals surface area contributed by atoms with Gasteiger partial charge in [0.2, 0.25) is 11.8 Å². The molecule has 0 saturated carbocycles. The molecule has 5 nitrogen and oxygen atoms in total. The van der Waals surface area contributed by atoms with E-state index in [-0.39, 0.29) is 24.3 Å². The fraction of sp³-hybridized carbons (Fsp3) is 0.391. The number of carbonyl (C=O) groups excluding carboxylic acids is 2. The molecule has 0 bridgehead atoms. The zero-order valence-corrected chi connectivity index (χ0v) is 16.3. The molecule has 0 aliphatic carbocycles. The monoisotopic (exact) mass is 380 g/mol. The lowest BCUT2D eigenvalue weighted by atomic mass is 10.1. The van der Waals surface area contributed by atoms with Crippen molar-refractivity contribution in [3.05, 3.63) is 71.8 Å². The molecule has 0 radical (unpaired) electrons. The molecule has 0 aromatic heterocycles. The maximum atomic E-state index is 13.0. The number of rotatable bonds is 8. The van der Waals surface area contributed by atoms with Gasteiger partial charge in [-0.1, -0.05) is 60.7 Å². The highest BCUT2D eigenvalue weighted by Gasteiger charge is 2.27. The number of nitrogens with one attached hydrogen (secondary N) is 1. The number of nitrogens with zero attached hydrogens (tertiary/aromatic N) is 1. The normalized spacial score (nSPS) is 17.1. The van der Waals surface area contributed by atoms with Crippen molar-refractivity contribution in [2.75, 3.05) is 13.2 Å². The molecule has 1 N–H and O–H groups in total. The van der Waals surface area contributed by atoms with Crippen molar-refractivity contribution >= 4 is 11.8 Å². The van der Waals surface area contributed by atoms with E-state index >= 15 is 0 Å². The van der Waals surface area contributed by atoms with Gasteiger partial charge in [0.1, 0.15) is 6.04 Å². The van der Waals surface area contributed by atoms with Crippen LogP contribution in [0.1, 0.15) is 30.9 Å². The molecular formula is C23H28N2O3. The summed E-state index contributed by atoms with van der Waals surface area (Å²) in [6.45, 7) is 3.44. The number of hydrogen-bond donors (Lipinski definition) is 1. The molecule has 5 heteroatoms. The molecule has 2 aromatic rings. The Morgan fingerprint density at radius 1 is 1.07 bits per heavy atom. The molecule has 28 heavy (non-hydrogen) atoms. The Balaban J connectivity index is 1.68. The smallest absolute Gasteiger partial charge is 0.242 e. The van der Waals surface area contributed by atoms with Gasteiger partial charge in [-0.3, -0.25) is 9.59 Å². The van der Waals surface area contributed by atoms with Crippen LogP contribution < -0.4 is 5.32 Å². The lowest BCUT2D eigenvalue weighted by Gasteiger charge is -2.29. The first-order valence-corrected chi connectivity index (χ1v) is 9.90. The van der Waals surface area contributed by atoms with Crippen LogP contribution in [0.4, 0.5) is 0 Å². The van der Waals surface area contributed by atoms with Crippen molar-refractivity contribution in [2.24, 2.45) is 0 Å². The first-order chi connectivity index (χ1) is 13.6. The highest BCUT2D eigenvalue weighted by atomic mass is 16.5. The van der Waals surface area contributed by atoms with E-state index in [0.29, 0.717) is 13.1 Å². The van der Waals surface area contributed by atoms with Gasteiger partial charge in [-0.2, -0.15) is 0 Å². The molecule has 1 aliphatic rings. The summed E-state index contributed by atoms with van der Waals surface area (Å²) >= 11 is 0. The predicted octanol–water partition coefficient (Wildman–Crippen LogP) is 2.94. The molecule has 2 aromatic carbocycles. The number of ether oxygens (including phenoxy) is 1. The minimum Gasteiger partial charge on any atom is -0.376 e. The molecule has 0 unspecified atom stereocenters. The zero-order chi connectivity index (χ0) is 19.8. The van der Waals surface area contributed by atoms with E-state index in [4.69, 9.17) is 4.74 Å². The molecule has 1 saturated heterocycles. The van der Waals surface area contributed by atoms with Crippen LogP contribution in [-0.2, 0) is 27.3 Å². The fourth-order valence-corrected chi connectivity index (χ4v) is 3.40. The average molecular weight is 380 g/mol. The summed E-state index contributed by atoms with van der Waals surface area (Å²) < 4.78 is 5.57. The van der Waals surface area contributed by atoms with E-state index < -0.39 is 6.04 Å². The molecule has 3 rings (SSSR count). The van der Waals surface area contributed by atoms with Gasteiger partial charge in [0.25, 0.3) is 0 Å². The minimum atomic E-state index is -0.558. The maximum Gasteiger partial charge on any atom is 0.242 e. The fourth-order valence-electron chi connectivity index (χ4n) is 3.40. The van der Waals surface area contributed by atoms with Gasteiger partial charge in [-0.05, 0) is 30.9 Å². The predicted molar refractivity (Wildman–Crippen MR) is 109 cm³/mol. The van der Waals surface area contributed by atoms with Crippen LogP contribution in [0, 0.1) is 0 Å². The largest absolute Gasteiger partial charge is 0.376 e. The first kappa shape index (κ1) is 20.1. The van der Waals surface area contributed by atoms with Gasteiger partial charge in [0, 0.05) is 19.7 Å². The van der Waals surface area contributed by atoms with Crippen LogP contribution in [0.25, 0.3) is 0 Å². The summed E-state index contributed by atoms with van der Waals surface area (Å²) in [4.78, 5) is 27.4. The van der Waals surface area contributed by atoms with Gasteiger partial charge in [0.05, 0.1) is 12.5 Å². The number of hydrogen-bond acceptors (Lipinski definition) is 3. The Morgan fingerprint density at radius 2 is 1.71 bits per heavy atom. The molecule has 1 aliphatic heterocycles. The molecule has 0 spiro atoms.